The summed E-state index contributed by atoms with van der Waals surface area (Å²) in [7, 11) is 0. The van der Waals surface area contributed by atoms with Gasteiger partial charge >= 0.3 is 0 Å². The van der Waals surface area contributed by atoms with Gasteiger partial charge in [-0.05, 0) is 42.5 Å². The first-order valence-corrected chi connectivity index (χ1v) is 8.78. The minimum Gasteiger partial charge on any atom is -0.336 e. The first-order valence-electron chi connectivity index (χ1n) is 7.66. The maximum atomic E-state index is 13.0. The van der Waals surface area contributed by atoms with Crippen molar-refractivity contribution in [2.24, 2.45) is 0 Å². The summed E-state index contributed by atoms with van der Waals surface area (Å²) in [5, 5.41) is 3.14. The van der Waals surface area contributed by atoms with E-state index in [2.05, 4.69) is 33.0 Å². The number of hydrogen-bond acceptors (Lipinski definition) is 1. The fraction of sp³-hybridized carbons (Fsp3) is 0.389. The number of amides is 1. The second-order valence-electron chi connectivity index (χ2n) is 5.65. The molecule has 3 rings (SSSR count). The van der Waals surface area contributed by atoms with Crippen LogP contribution in [-0.2, 0) is 0 Å². The Morgan fingerprint density at radius 2 is 1.90 bits per heavy atom. The van der Waals surface area contributed by atoms with Crippen molar-refractivity contribution in [2.75, 3.05) is 11.9 Å². The molecular formula is C18H20BrNO. The van der Waals surface area contributed by atoms with Gasteiger partial charge in [0.25, 0.3) is 5.91 Å². The minimum atomic E-state index is 0.192. The third kappa shape index (κ3) is 2.98. The van der Waals surface area contributed by atoms with Crippen molar-refractivity contribution in [2.45, 2.75) is 31.7 Å². The predicted molar refractivity (Wildman–Crippen MR) is 91.0 cm³/mol. The van der Waals surface area contributed by atoms with Gasteiger partial charge in [-0.15, -0.1) is 0 Å². The van der Waals surface area contributed by atoms with Crippen LogP contribution in [-0.4, -0.2) is 28.7 Å². The van der Waals surface area contributed by atoms with Crippen LogP contribution >= 0.6 is 15.9 Å². The first kappa shape index (κ1) is 14.6. The van der Waals surface area contributed by atoms with Crippen molar-refractivity contribution in [3.63, 3.8) is 0 Å². The average Bonchev–Trinajstić information content (AvgIpc) is 2.48. The largest absolute Gasteiger partial charge is 0.336 e. The summed E-state index contributed by atoms with van der Waals surface area (Å²) in [6.07, 6.45) is 4.56. The van der Waals surface area contributed by atoms with Gasteiger partial charge in [0, 0.05) is 23.5 Å². The molecule has 0 heterocycles. The van der Waals surface area contributed by atoms with Gasteiger partial charge in [0.15, 0.2) is 0 Å². The summed E-state index contributed by atoms with van der Waals surface area (Å²) < 4.78 is 0. The van der Waals surface area contributed by atoms with Crippen LogP contribution in [0.1, 0.15) is 36.0 Å². The van der Waals surface area contributed by atoms with Crippen molar-refractivity contribution < 1.29 is 4.79 Å². The molecule has 2 nitrogen and oxygen atoms in total. The molecule has 1 aliphatic rings. The lowest BCUT2D eigenvalue weighted by Gasteiger charge is -2.38. The van der Waals surface area contributed by atoms with Gasteiger partial charge < -0.3 is 4.90 Å². The minimum absolute atomic E-state index is 0.192. The van der Waals surface area contributed by atoms with E-state index in [9.17, 15) is 4.79 Å². The number of halogens is 1. The third-order valence-electron chi connectivity index (χ3n) is 4.33. The molecule has 0 saturated heterocycles. The standard InChI is InChI=1S/C18H20BrNO/c19-12-5-13-20(15-8-4-9-15)18(21)17-11-3-7-14-6-1-2-10-16(14)17/h1-3,6-7,10-11,15H,4-5,8-9,12-13H2. The highest BCUT2D eigenvalue weighted by Crippen LogP contribution is 2.28. The van der Waals surface area contributed by atoms with E-state index in [0.717, 1.165) is 47.5 Å². The smallest absolute Gasteiger partial charge is 0.254 e. The lowest BCUT2D eigenvalue weighted by molar-refractivity contribution is 0.0583. The molecule has 0 atom stereocenters. The van der Waals surface area contributed by atoms with Gasteiger partial charge in [-0.1, -0.05) is 52.3 Å². The number of hydrogen-bond donors (Lipinski definition) is 0. The van der Waals surface area contributed by atoms with E-state index in [1.165, 1.54) is 6.42 Å². The second kappa shape index (κ2) is 6.61. The molecule has 0 radical (unpaired) electrons. The third-order valence-corrected chi connectivity index (χ3v) is 4.89. The SMILES string of the molecule is O=C(c1cccc2ccccc12)N(CCCBr)C1CCC1. The molecule has 0 N–H and O–H groups in total. The van der Waals surface area contributed by atoms with Crippen LogP contribution in [0.5, 0.6) is 0 Å². The van der Waals surface area contributed by atoms with Gasteiger partial charge in [-0.2, -0.15) is 0 Å². The lowest BCUT2D eigenvalue weighted by atomic mass is 9.90. The van der Waals surface area contributed by atoms with Crippen LogP contribution in [0.2, 0.25) is 0 Å². The highest BCUT2D eigenvalue weighted by atomic mass is 79.9. The van der Waals surface area contributed by atoms with Crippen molar-refractivity contribution in [3.8, 4) is 0 Å². The number of benzene rings is 2. The Balaban J connectivity index is 1.93. The van der Waals surface area contributed by atoms with Gasteiger partial charge in [0.1, 0.15) is 0 Å². The molecule has 3 heteroatoms. The summed E-state index contributed by atoms with van der Waals surface area (Å²) in [5.74, 6) is 0.192. The molecule has 0 unspecified atom stereocenters. The molecule has 1 saturated carbocycles. The van der Waals surface area contributed by atoms with Gasteiger partial charge in [0.2, 0.25) is 0 Å². The van der Waals surface area contributed by atoms with Gasteiger partial charge in [-0.3, -0.25) is 4.79 Å². The fourth-order valence-corrected chi connectivity index (χ4v) is 3.20. The molecule has 0 bridgehead atoms. The zero-order valence-electron chi connectivity index (χ0n) is 12.1. The Hall–Kier alpha value is -1.35. The highest BCUT2D eigenvalue weighted by molar-refractivity contribution is 9.09. The van der Waals surface area contributed by atoms with Crippen LogP contribution in [0, 0.1) is 0 Å². The van der Waals surface area contributed by atoms with Crippen LogP contribution in [0.15, 0.2) is 42.5 Å². The number of carbonyl (C=O) groups excluding carboxylic acids is 1. The Labute approximate surface area is 134 Å². The topological polar surface area (TPSA) is 20.3 Å². The van der Waals surface area contributed by atoms with E-state index < -0.39 is 0 Å². The molecule has 0 aliphatic heterocycles. The quantitative estimate of drug-likeness (QED) is 0.724. The van der Waals surface area contributed by atoms with Crippen LogP contribution < -0.4 is 0 Å². The van der Waals surface area contributed by atoms with Crippen LogP contribution in [0.25, 0.3) is 10.8 Å². The predicted octanol–water partition coefficient (Wildman–Crippen LogP) is 4.62. The second-order valence-corrected chi connectivity index (χ2v) is 6.45. The Morgan fingerprint density at radius 3 is 2.62 bits per heavy atom. The van der Waals surface area contributed by atoms with E-state index in [1.807, 2.05) is 30.3 Å². The number of carbonyl (C=O) groups is 1. The van der Waals surface area contributed by atoms with Crippen molar-refractivity contribution in [1.29, 1.82) is 0 Å². The normalized spacial score (nSPS) is 14.9. The van der Waals surface area contributed by atoms with Gasteiger partial charge in [-0.25, -0.2) is 0 Å². The Kier molecular flexibility index (Phi) is 4.59. The molecule has 1 amide bonds. The summed E-state index contributed by atoms with van der Waals surface area (Å²) in [5.41, 5.74) is 0.842. The van der Waals surface area contributed by atoms with Gasteiger partial charge in [0.05, 0.1) is 0 Å². The summed E-state index contributed by atoms with van der Waals surface area (Å²) in [6, 6.07) is 14.6. The molecule has 1 aliphatic carbocycles. The molecule has 21 heavy (non-hydrogen) atoms. The first-order chi connectivity index (χ1) is 10.3. The number of fused-ring (bicyclic) bond motifs is 1. The molecule has 110 valence electrons. The molecule has 1 fully saturated rings. The van der Waals surface area contributed by atoms with E-state index in [-0.39, 0.29) is 5.91 Å². The van der Waals surface area contributed by atoms with Crippen LogP contribution in [0.4, 0.5) is 0 Å². The monoisotopic (exact) mass is 345 g/mol. The van der Waals surface area contributed by atoms with E-state index in [1.54, 1.807) is 0 Å². The summed E-state index contributed by atoms with van der Waals surface area (Å²) in [4.78, 5) is 15.1. The highest BCUT2D eigenvalue weighted by Gasteiger charge is 2.29. The number of alkyl halides is 1. The summed E-state index contributed by atoms with van der Waals surface area (Å²) >= 11 is 3.47. The van der Waals surface area contributed by atoms with Crippen molar-refractivity contribution in [1.82, 2.24) is 4.90 Å². The molecule has 2 aromatic carbocycles. The maximum absolute atomic E-state index is 13.0. The number of rotatable bonds is 5. The fourth-order valence-electron chi connectivity index (χ4n) is 2.95. The zero-order valence-corrected chi connectivity index (χ0v) is 13.7. The van der Waals surface area contributed by atoms with E-state index in [4.69, 9.17) is 0 Å². The molecule has 2 aromatic rings. The van der Waals surface area contributed by atoms with E-state index >= 15 is 0 Å². The summed E-state index contributed by atoms with van der Waals surface area (Å²) in [6.45, 7) is 0.845. The van der Waals surface area contributed by atoms with Crippen molar-refractivity contribution in [3.05, 3.63) is 48.0 Å². The number of nitrogens with zero attached hydrogens (tertiary/aromatic N) is 1. The Bertz CT molecular complexity index is 631. The Morgan fingerprint density at radius 1 is 1.14 bits per heavy atom. The zero-order chi connectivity index (χ0) is 14.7. The van der Waals surface area contributed by atoms with Crippen LogP contribution in [0.3, 0.4) is 0 Å². The lowest BCUT2D eigenvalue weighted by Crippen LogP contribution is -2.44. The maximum Gasteiger partial charge on any atom is 0.254 e. The molecule has 0 spiro atoms. The van der Waals surface area contributed by atoms with Crippen molar-refractivity contribution >= 4 is 32.6 Å². The molecule has 0 aromatic heterocycles. The van der Waals surface area contributed by atoms with E-state index in [0.29, 0.717) is 6.04 Å². The molecular weight excluding hydrogens is 326 g/mol. The average molecular weight is 346 g/mol.